The molecule has 1 nitrogen and oxygen atoms in total. The second kappa shape index (κ2) is 1.84. The fraction of sp³-hybridized carbons (Fsp3) is 0.750. The van der Waals surface area contributed by atoms with E-state index < -0.39 is 0 Å². The third-order valence-electron chi connectivity index (χ3n) is 2.55. The molecule has 0 aromatic heterocycles. The molecule has 0 unspecified atom stereocenters. The van der Waals surface area contributed by atoms with Crippen LogP contribution >= 0.6 is 0 Å². The van der Waals surface area contributed by atoms with E-state index in [-0.39, 0.29) is 6.10 Å². The fourth-order valence-electron chi connectivity index (χ4n) is 2.03. The van der Waals surface area contributed by atoms with E-state index in [1.807, 2.05) is 0 Å². The highest BCUT2D eigenvalue weighted by Crippen LogP contribution is 2.39. The van der Waals surface area contributed by atoms with Gasteiger partial charge in [0, 0.05) is 5.92 Å². The minimum Gasteiger partial charge on any atom is -0.392 e. The van der Waals surface area contributed by atoms with Crippen molar-refractivity contribution in [2.24, 2.45) is 5.92 Å². The van der Waals surface area contributed by atoms with Crippen LogP contribution in [0.3, 0.4) is 0 Å². The molecule has 0 spiro atoms. The maximum Gasteiger partial charge on any atom is 0.0608 e. The molecule has 1 heteroatoms. The number of fused-ring (bicyclic) bond motifs is 1. The smallest absolute Gasteiger partial charge is 0.0608 e. The van der Waals surface area contributed by atoms with Crippen molar-refractivity contribution in [1.29, 1.82) is 0 Å². The Hall–Kier alpha value is -0.300. The summed E-state index contributed by atoms with van der Waals surface area (Å²) in [4.78, 5) is 0. The third kappa shape index (κ3) is 0.715. The van der Waals surface area contributed by atoms with Crippen molar-refractivity contribution < 1.29 is 5.11 Å². The van der Waals surface area contributed by atoms with Gasteiger partial charge in [0.2, 0.25) is 0 Å². The van der Waals surface area contributed by atoms with Gasteiger partial charge in [0.15, 0.2) is 0 Å². The molecule has 9 heavy (non-hydrogen) atoms. The standard InChI is InChI=1S/C8H12O/c9-8-5-4-6-2-1-3-7(6)8/h2,7-9H,1,3-5H2/t7-,8-/m1/s1. The fourth-order valence-corrected chi connectivity index (χ4v) is 2.03. The molecule has 50 valence electrons. The summed E-state index contributed by atoms with van der Waals surface area (Å²) < 4.78 is 0. The number of rotatable bonds is 0. The molecular weight excluding hydrogens is 112 g/mol. The lowest BCUT2D eigenvalue weighted by Gasteiger charge is -2.08. The first kappa shape index (κ1) is 5.48. The number of aliphatic hydroxyl groups is 1. The van der Waals surface area contributed by atoms with Crippen LogP contribution in [0, 0.1) is 5.92 Å². The summed E-state index contributed by atoms with van der Waals surface area (Å²) in [7, 11) is 0. The van der Waals surface area contributed by atoms with E-state index in [1.54, 1.807) is 0 Å². The second-order valence-corrected chi connectivity index (χ2v) is 3.07. The van der Waals surface area contributed by atoms with Gasteiger partial charge in [-0.25, -0.2) is 0 Å². The van der Waals surface area contributed by atoms with Crippen molar-refractivity contribution in [1.82, 2.24) is 0 Å². The van der Waals surface area contributed by atoms with Crippen molar-refractivity contribution in [2.45, 2.75) is 31.8 Å². The Balaban J connectivity index is 2.20. The average molecular weight is 124 g/mol. The molecule has 1 saturated carbocycles. The van der Waals surface area contributed by atoms with E-state index in [0.717, 1.165) is 12.8 Å². The number of hydrogen-bond acceptors (Lipinski definition) is 1. The zero-order chi connectivity index (χ0) is 6.27. The molecule has 1 N–H and O–H groups in total. The molecule has 0 saturated heterocycles. The van der Waals surface area contributed by atoms with Gasteiger partial charge in [-0.15, -0.1) is 0 Å². The van der Waals surface area contributed by atoms with E-state index in [9.17, 15) is 5.11 Å². The zero-order valence-electron chi connectivity index (χ0n) is 5.51. The van der Waals surface area contributed by atoms with Crippen molar-refractivity contribution in [2.75, 3.05) is 0 Å². The van der Waals surface area contributed by atoms with Gasteiger partial charge in [0.1, 0.15) is 0 Å². The van der Waals surface area contributed by atoms with Crippen molar-refractivity contribution in [3.05, 3.63) is 11.6 Å². The van der Waals surface area contributed by atoms with Crippen LogP contribution in [0.5, 0.6) is 0 Å². The van der Waals surface area contributed by atoms with Gasteiger partial charge < -0.3 is 5.11 Å². The predicted molar refractivity (Wildman–Crippen MR) is 36.0 cm³/mol. The normalized spacial score (nSPS) is 40.8. The van der Waals surface area contributed by atoms with Gasteiger partial charge in [-0.3, -0.25) is 0 Å². The lowest BCUT2D eigenvalue weighted by Crippen LogP contribution is -2.10. The van der Waals surface area contributed by atoms with Crippen LogP contribution in [0.4, 0.5) is 0 Å². The van der Waals surface area contributed by atoms with E-state index in [1.165, 1.54) is 18.4 Å². The zero-order valence-corrected chi connectivity index (χ0v) is 5.51. The molecular formula is C8H12O. The van der Waals surface area contributed by atoms with Crippen molar-refractivity contribution >= 4 is 0 Å². The lowest BCUT2D eigenvalue weighted by molar-refractivity contribution is 0.140. The van der Waals surface area contributed by atoms with Crippen molar-refractivity contribution in [3.8, 4) is 0 Å². The highest BCUT2D eigenvalue weighted by atomic mass is 16.3. The summed E-state index contributed by atoms with van der Waals surface area (Å²) in [5.41, 5.74) is 1.53. The van der Waals surface area contributed by atoms with E-state index in [0.29, 0.717) is 5.92 Å². The molecule has 2 atom stereocenters. The largest absolute Gasteiger partial charge is 0.392 e. The first-order valence-electron chi connectivity index (χ1n) is 3.75. The van der Waals surface area contributed by atoms with Gasteiger partial charge in [0.05, 0.1) is 6.10 Å². The summed E-state index contributed by atoms with van der Waals surface area (Å²) in [5, 5.41) is 9.36. The average Bonchev–Trinajstić information content (AvgIpc) is 2.35. The van der Waals surface area contributed by atoms with Crippen molar-refractivity contribution in [3.63, 3.8) is 0 Å². The first-order valence-corrected chi connectivity index (χ1v) is 3.75. The van der Waals surface area contributed by atoms with Gasteiger partial charge in [-0.1, -0.05) is 11.6 Å². The summed E-state index contributed by atoms with van der Waals surface area (Å²) in [5.74, 6) is 0.560. The minimum atomic E-state index is -0.00116. The van der Waals surface area contributed by atoms with Crippen LogP contribution in [0.15, 0.2) is 11.6 Å². The maximum atomic E-state index is 9.36. The Morgan fingerprint density at radius 3 is 3.11 bits per heavy atom. The molecule has 2 rings (SSSR count). The van der Waals surface area contributed by atoms with Gasteiger partial charge in [-0.05, 0) is 25.7 Å². The SMILES string of the molecule is O[C@@H]1CCC2=CCC[C@H]21. The van der Waals surface area contributed by atoms with Gasteiger partial charge >= 0.3 is 0 Å². The Bertz CT molecular complexity index is 149. The third-order valence-corrected chi connectivity index (χ3v) is 2.55. The van der Waals surface area contributed by atoms with Crippen LogP contribution in [-0.4, -0.2) is 11.2 Å². The minimum absolute atomic E-state index is 0.00116. The quantitative estimate of drug-likeness (QED) is 0.485. The van der Waals surface area contributed by atoms with E-state index in [4.69, 9.17) is 0 Å². The Morgan fingerprint density at radius 1 is 1.44 bits per heavy atom. The van der Waals surface area contributed by atoms with Crippen LogP contribution in [0.2, 0.25) is 0 Å². The van der Waals surface area contributed by atoms with Crippen LogP contribution in [-0.2, 0) is 0 Å². The highest BCUT2D eigenvalue weighted by Gasteiger charge is 2.31. The molecule has 0 bridgehead atoms. The predicted octanol–water partition coefficient (Wildman–Crippen LogP) is 1.48. The first-order chi connectivity index (χ1) is 4.38. The number of allylic oxidation sites excluding steroid dienone is 1. The molecule has 0 radical (unpaired) electrons. The maximum absolute atomic E-state index is 9.36. The summed E-state index contributed by atoms with van der Waals surface area (Å²) in [6.07, 6.45) is 6.88. The van der Waals surface area contributed by atoms with Crippen LogP contribution < -0.4 is 0 Å². The van der Waals surface area contributed by atoms with Crippen LogP contribution in [0.1, 0.15) is 25.7 Å². The Labute approximate surface area is 55.4 Å². The molecule has 0 aromatic rings. The highest BCUT2D eigenvalue weighted by molar-refractivity contribution is 5.18. The monoisotopic (exact) mass is 124 g/mol. The van der Waals surface area contributed by atoms with Crippen LogP contribution in [0.25, 0.3) is 0 Å². The topological polar surface area (TPSA) is 20.2 Å². The molecule has 0 aromatic carbocycles. The number of aliphatic hydroxyl groups excluding tert-OH is 1. The summed E-state index contributed by atoms with van der Waals surface area (Å²) in [6, 6.07) is 0. The van der Waals surface area contributed by atoms with Gasteiger partial charge in [0.25, 0.3) is 0 Å². The Morgan fingerprint density at radius 2 is 2.33 bits per heavy atom. The number of hydrogen-bond donors (Lipinski definition) is 1. The molecule has 0 aliphatic heterocycles. The molecule has 2 aliphatic carbocycles. The van der Waals surface area contributed by atoms with Gasteiger partial charge in [-0.2, -0.15) is 0 Å². The molecule has 0 amide bonds. The summed E-state index contributed by atoms with van der Waals surface area (Å²) >= 11 is 0. The second-order valence-electron chi connectivity index (χ2n) is 3.07. The lowest BCUT2D eigenvalue weighted by atomic mass is 10.0. The molecule has 1 fully saturated rings. The molecule has 0 heterocycles. The molecule has 2 aliphatic rings. The van der Waals surface area contributed by atoms with E-state index in [2.05, 4.69) is 6.08 Å². The summed E-state index contributed by atoms with van der Waals surface area (Å²) in [6.45, 7) is 0. The Kier molecular flexibility index (Phi) is 1.12. The van der Waals surface area contributed by atoms with E-state index >= 15 is 0 Å².